The molecule has 5 atom stereocenters. The maximum Gasteiger partial charge on any atom is 0.324 e. The fourth-order valence-corrected chi connectivity index (χ4v) is 5.15. The zero-order valence-electron chi connectivity index (χ0n) is 18.4. The smallest absolute Gasteiger partial charge is 0.324 e. The highest BCUT2D eigenvalue weighted by molar-refractivity contribution is 6.02. The first kappa shape index (κ1) is 23.0. The number of pyridine rings is 1. The fourth-order valence-electron chi connectivity index (χ4n) is 5.15. The second-order valence-electron chi connectivity index (χ2n) is 8.74. The minimum atomic E-state index is -3.28. The van der Waals surface area contributed by atoms with Crippen LogP contribution in [0.3, 0.4) is 0 Å². The van der Waals surface area contributed by atoms with E-state index in [-0.39, 0.29) is 5.82 Å². The van der Waals surface area contributed by atoms with Gasteiger partial charge in [0.25, 0.3) is 5.92 Å². The van der Waals surface area contributed by atoms with Gasteiger partial charge in [-0.2, -0.15) is 0 Å². The number of hydrogen-bond donors (Lipinski definition) is 0. The molecule has 2 fully saturated rings. The molecule has 0 N–H and O–H groups in total. The number of aromatic nitrogens is 1. The van der Waals surface area contributed by atoms with Gasteiger partial charge in [0.2, 0.25) is 0 Å². The molecule has 0 amide bonds. The van der Waals surface area contributed by atoms with Crippen LogP contribution in [-0.2, 0) is 19.1 Å². The first-order valence-electron chi connectivity index (χ1n) is 10.7. The van der Waals surface area contributed by atoms with Crippen LogP contribution in [0, 0.1) is 29.0 Å². The number of fused-ring (bicyclic) bond motifs is 1. The molecule has 2 aliphatic rings. The van der Waals surface area contributed by atoms with Gasteiger partial charge in [0.1, 0.15) is 11.9 Å². The Hall–Kier alpha value is -3.16. The third-order valence-corrected chi connectivity index (χ3v) is 6.89. The largest absolute Gasteiger partial charge is 0.468 e. The molecule has 4 rings (SSSR count). The fraction of sp³-hybridized carbons (Fsp3) is 0.400. The van der Waals surface area contributed by atoms with Crippen molar-refractivity contribution in [3.8, 4) is 11.1 Å². The zero-order valence-corrected chi connectivity index (χ0v) is 18.4. The molecule has 8 heteroatoms. The summed E-state index contributed by atoms with van der Waals surface area (Å²) in [5.41, 5.74) is -0.180. The van der Waals surface area contributed by atoms with E-state index in [1.54, 1.807) is 49.5 Å². The van der Waals surface area contributed by atoms with Crippen molar-refractivity contribution < 1.29 is 32.2 Å². The summed E-state index contributed by atoms with van der Waals surface area (Å²) in [7, 11) is 1.08. The minimum absolute atomic E-state index is 0.361. The van der Waals surface area contributed by atoms with E-state index in [9.17, 15) is 14.0 Å². The van der Waals surface area contributed by atoms with Crippen LogP contribution in [0.2, 0.25) is 0 Å². The van der Waals surface area contributed by atoms with Crippen molar-refractivity contribution in [1.29, 1.82) is 0 Å². The van der Waals surface area contributed by atoms with Crippen LogP contribution in [0.5, 0.6) is 0 Å². The molecule has 0 unspecified atom stereocenters. The number of ether oxygens (including phenoxy) is 2. The number of halogens is 3. The first-order chi connectivity index (χ1) is 15.6. The number of carbonyl (C=O) groups is 2. The van der Waals surface area contributed by atoms with Crippen molar-refractivity contribution in [2.75, 3.05) is 7.11 Å². The Morgan fingerprint density at radius 2 is 1.97 bits per heavy atom. The van der Waals surface area contributed by atoms with Gasteiger partial charge in [-0.25, -0.2) is 13.2 Å². The molecular formula is C25H24F3NO4. The topological polar surface area (TPSA) is 65.5 Å². The van der Waals surface area contributed by atoms with E-state index in [4.69, 9.17) is 9.47 Å². The first-order valence-corrected chi connectivity index (χ1v) is 10.7. The molecule has 1 aliphatic heterocycles. The molecule has 0 bridgehead atoms. The normalized spacial score (nSPS) is 30.7. The number of esters is 2. The molecule has 1 saturated carbocycles. The number of cyclic esters (lactones) is 1. The van der Waals surface area contributed by atoms with Crippen molar-refractivity contribution in [1.82, 2.24) is 4.98 Å². The van der Waals surface area contributed by atoms with Crippen molar-refractivity contribution in [2.45, 2.75) is 32.3 Å². The highest BCUT2D eigenvalue weighted by Crippen LogP contribution is 2.59. The number of methoxy groups -OCH3 is 1. The second kappa shape index (κ2) is 8.32. The van der Waals surface area contributed by atoms with Crippen LogP contribution >= 0.6 is 0 Å². The van der Waals surface area contributed by atoms with Crippen LogP contribution in [0.25, 0.3) is 17.2 Å². The number of nitrogens with zero attached hydrogens (tertiary/aromatic N) is 1. The highest BCUT2D eigenvalue weighted by atomic mass is 19.3. The van der Waals surface area contributed by atoms with Gasteiger partial charge in [-0.3, -0.25) is 14.6 Å². The number of alkyl halides is 2. The Morgan fingerprint density at radius 3 is 2.61 bits per heavy atom. The Balaban J connectivity index is 1.67. The predicted octanol–water partition coefficient (Wildman–Crippen LogP) is 4.91. The zero-order chi connectivity index (χ0) is 24.0. The average molecular weight is 459 g/mol. The second-order valence-corrected chi connectivity index (χ2v) is 8.74. The average Bonchev–Trinajstić information content (AvgIpc) is 3.03. The van der Waals surface area contributed by atoms with Gasteiger partial charge in [0.15, 0.2) is 5.41 Å². The van der Waals surface area contributed by atoms with Crippen LogP contribution in [0.1, 0.15) is 26.0 Å². The summed E-state index contributed by atoms with van der Waals surface area (Å²) < 4.78 is 53.6. The van der Waals surface area contributed by atoms with E-state index in [0.29, 0.717) is 16.8 Å². The summed E-state index contributed by atoms with van der Waals surface area (Å²) in [6.07, 6.45) is 3.06. The van der Waals surface area contributed by atoms with Gasteiger partial charge >= 0.3 is 11.9 Å². The van der Waals surface area contributed by atoms with Crippen LogP contribution in [0.4, 0.5) is 13.2 Å². The molecule has 1 aliphatic carbocycles. The molecule has 1 aromatic carbocycles. The van der Waals surface area contributed by atoms with E-state index in [1.165, 1.54) is 19.1 Å². The number of allylic oxidation sites excluding steroid dienone is 1. The minimum Gasteiger partial charge on any atom is -0.468 e. The Labute approximate surface area is 189 Å². The maximum absolute atomic E-state index is 15.0. The highest BCUT2D eigenvalue weighted by Gasteiger charge is 2.72. The summed E-state index contributed by atoms with van der Waals surface area (Å²) in [6.45, 7) is 3.02. The standard InChI is InChI=1S/C25H24F3NO4/c1-14-20(10-9-19-8-7-17(12-29-19)16-5-4-6-18(26)11-16)21-15(2)33-23(31)24(21,22(30)32-3)13-25(14,27)28/h4-12,14-15,20-21H,13H2,1-3H3/t14-,15+,20-,21-,24+/m0/s1. The van der Waals surface area contributed by atoms with E-state index in [1.807, 2.05) is 0 Å². The van der Waals surface area contributed by atoms with Crippen molar-refractivity contribution in [2.24, 2.45) is 23.2 Å². The van der Waals surface area contributed by atoms with Gasteiger partial charge < -0.3 is 9.47 Å². The quantitative estimate of drug-likeness (QED) is 0.480. The number of hydrogen-bond acceptors (Lipinski definition) is 5. The lowest BCUT2D eigenvalue weighted by atomic mass is 9.56. The monoisotopic (exact) mass is 459 g/mol. The maximum atomic E-state index is 15.0. The Bertz CT molecular complexity index is 1090. The van der Waals surface area contributed by atoms with E-state index in [2.05, 4.69) is 4.98 Å². The van der Waals surface area contributed by atoms with Crippen molar-refractivity contribution >= 4 is 18.0 Å². The summed E-state index contributed by atoms with van der Waals surface area (Å²) in [4.78, 5) is 29.6. The van der Waals surface area contributed by atoms with Gasteiger partial charge in [-0.1, -0.05) is 31.2 Å². The van der Waals surface area contributed by atoms with Gasteiger partial charge in [-0.05, 0) is 42.7 Å². The van der Waals surface area contributed by atoms with Gasteiger partial charge in [0.05, 0.1) is 12.8 Å². The summed E-state index contributed by atoms with van der Waals surface area (Å²) in [5, 5.41) is 0. The molecule has 174 valence electrons. The summed E-state index contributed by atoms with van der Waals surface area (Å²) >= 11 is 0. The SMILES string of the molecule is COC(=O)[C@@]12CC(F)(F)[C@@H](C)[C@H](C=Cc3ccc(-c4cccc(F)c4)cn3)[C@@H]1[C@@H](C)OC2=O. The molecule has 2 aromatic rings. The van der Waals surface area contributed by atoms with Crippen LogP contribution in [-0.4, -0.2) is 36.1 Å². The molecular weight excluding hydrogens is 435 g/mol. The van der Waals surface area contributed by atoms with Crippen molar-refractivity contribution in [3.63, 3.8) is 0 Å². The third kappa shape index (κ3) is 3.81. The number of carbonyl (C=O) groups excluding carboxylic acids is 2. The summed E-state index contributed by atoms with van der Waals surface area (Å²) in [6, 6.07) is 9.54. The van der Waals surface area contributed by atoms with Gasteiger partial charge in [-0.15, -0.1) is 0 Å². The van der Waals surface area contributed by atoms with E-state index in [0.717, 1.165) is 7.11 Å². The Morgan fingerprint density at radius 1 is 1.21 bits per heavy atom. The molecule has 2 heterocycles. The molecule has 33 heavy (non-hydrogen) atoms. The predicted molar refractivity (Wildman–Crippen MR) is 114 cm³/mol. The molecule has 0 spiro atoms. The molecule has 1 saturated heterocycles. The van der Waals surface area contributed by atoms with Crippen LogP contribution < -0.4 is 0 Å². The number of rotatable bonds is 4. The molecule has 1 aromatic heterocycles. The summed E-state index contributed by atoms with van der Waals surface area (Å²) in [5.74, 6) is -8.37. The number of benzene rings is 1. The van der Waals surface area contributed by atoms with E-state index < -0.39 is 53.6 Å². The molecule has 0 radical (unpaired) electrons. The van der Waals surface area contributed by atoms with Crippen molar-refractivity contribution in [3.05, 3.63) is 60.2 Å². The third-order valence-electron chi connectivity index (χ3n) is 6.89. The van der Waals surface area contributed by atoms with Gasteiger partial charge in [0, 0.05) is 30.0 Å². The lowest BCUT2D eigenvalue weighted by Crippen LogP contribution is -2.57. The van der Waals surface area contributed by atoms with E-state index >= 15 is 8.78 Å². The molecule has 5 nitrogen and oxygen atoms in total. The Kier molecular flexibility index (Phi) is 5.80. The lowest BCUT2D eigenvalue weighted by molar-refractivity contribution is -0.190. The van der Waals surface area contributed by atoms with Crippen LogP contribution in [0.15, 0.2) is 48.7 Å². The lowest BCUT2D eigenvalue weighted by Gasteiger charge is -2.46.